The minimum atomic E-state index is -0.415. The number of hydrogen-bond donors (Lipinski definition) is 4. The second-order valence-corrected chi connectivity index (χ2v) is 7.79. The van der Waals surface area contributed by atoms with E-state index in [2.05, 4.69) is 18.3 Å². The molecule has 3 atom stereocenters. The van der Waals surface area contributed by atoms with E-state index >= 15 is 0 Å². The molecular formula is C25H38ClNO6. The largest absolute Gasteiger partial charge is 0.496 e. The van der Waals surface area contributed by atoms with Crippen LogP contribution in [0.4, 0.5) is 0 Å². The summed E-state index contributed by atoms with van der Waals surface area (Å²) in [7, 11) is 1.00. The van der Waals surface area contributed by atoms with Gasteiger partial charge in [-0.15, -0.1) is 0 Å². The van der Waals surface area contributed by atoms with Crippen LogP contribution < -0.4 is 5.32 Å². The van der Waals surface area contributed by atoms with Gasteiger partial charge in [0.2, 0.25) is 0 Å². The lowest BCUT2D eigenvalue weighted by Crippen LogP contribution is -2.33. The molecule has 3 rings (SSSR count). The molecule has 1 saturated heterocycles. The quantitative estimate of drug-likeness (QED) is 0.508. The van der Waals surface area contributed by atoms with Crippen molar-refractivity contribution >= 4 is 18.4 Å². The summed E-state index contributed by atoms with van der Waals surface area (Å²) in [5, 5.41) is 29.7. The Balaban J connectivity index is 0.000000564. The molecule has 33 heavy (non-hydrogen) atoms. The lowest BCUT2D eigenvalue weighted by Gasteiger charge is -2.32. The number of allylic oxidation sites excluding steroid dienone is 5. The first-order valence-corrected chi connectivity index (χ1v) is 11.1. The van der Waals surface area contributed by atoms with E-state index in [4.69, 9.17) is 36.1 Å². The molecule has 0 aromatic heterocycles. The van der Waals surface area contributed by atoms with Crippen molar-refractivity contribution in [1.82, 2.24) is 5.32 Å². The lowest BCUT2D eigenvalue weighted by molar-refractivity contribution is -0.113. The van der Waals surface area contributed by atoms with Crippen LogP contribution in [0.15, 0.2) is 54.0 Å². The van der Waals surface area contributed by atoms with Gasteiger partial charge in [-0.1, -0.05) is 29.8 Å². The normalized spacial score (nSPS) is 26.2. The Labute approximate surface area is 202 Å². The molecule has 0 radical (unpaired) electrons. The maximum Gasteiger partial charge on any atom is 0.106 e. The zero-order chi connectivity index (χ0) is 25.2. The fourth-order valence-electron chi connectivity index (χ4n) is 3.09. The molecule has 1 aromatic rings. The number of ether oxygens (including phenoxy) is 2. The highest BCUT2D eigenvalue weighted by molar-refractivity contribution is 6.31. The predicted octanol–water partition coefficient (Wildman–Crippen LogP) is 3.62. The number of rotatable bonds is 2. The van der Waals surface area contributed by atoms with E-state index in [0.29, 0.717) is 12.8 Å². The highest BCUT2D eigenvalue weighted by Gasteiger charge is 2.29. The van der Waals surface area contributed by atoms with E-state index in [-0.39, 0.29) is 18.8 Å². The van der Waals surface area contributed by atoms with E-state index in [9.17, 15) is 5.11 Å². The smallest absolute Gasteiger partial charge is 0.106 e. The maximum atomic E-state index is 9.75. The number of aliphatic hydroxyl groups excluding tert-OH is 3. The van der Waals surface area contributed by atoms with E-state index in [1.807, 2.05) is 57.2 Å². The average Bonchev–Trinajstić information content (AvgIpc) is 2.84. The number of benzene rings is 1. The summed E-state index contributed by atoms with van der Waals surface area (Å²) in [6.07, 6.45) is 8.24. The molecular weight excluding hydrogens is 446 g/mol. The zero-order valence-electron chi connectivity index (χ0n) is 20.0. The number of carbonyl (C=O) groups is 1. The lowest BCUT2D eigenvalue weighted by atomic mass is 9.95. The standard InChI is InChI=1S/C13H17ClO3.C10H15NO.CH4O.CH2O/c1-8-4-9(2-3-12(8)14)13-6-10(16)5-11(7-15)17-13;1-9-3-4-10(2)12-8-7-11-6-5-9;2*1-2/h2-4,10-11,13,15-16H,5-7H2,1H3;3-6,11H,7-8H2,1-2H3;2H,1H3;1H2/b;6-5+,9-3-,10-4+;;/t10?,11-,13+;;;/m0.../s1. The van der Waals surface area contributed by atoms with Gasteiger partial charge < -0.3 is 34.9 Å². The van der Waals surface area contributed by atoms with Gasteiger partial charge in [0.1, 0.15) is 13.4 Å². The minimum absolute atomic E-state index is 0.0554. The van der Waals surface area contributed by atoms with Crippen molar-refractivity contribution in [3.63, 3.8) is 0 Å². The number of nitrogens with one attached hydrogen (secondary N) is 1. The molecule has 0 aliphatic carbocycles. The second-order valence-electron chi connectivity index (χ2n) is 7.39. The summed E-state index contributed by atoms with van der Waals surface area (Å²) in [5.41, 5.74) is 3.21. The van der Waals surface area contributed by atoms with Crippen LogP contribution in [-0.2, 0) is 14.3 Å². The molecule has 2 heterocycles. The topological polar surface area (TPSA) is 108 Å². The van der Waals surface area contributed by atoms with Crippen molar-refractivity contribution in [2.45, 2.75) is 51.9 Å². The van der Waals surface area contributed by atoms with Crippen LogP contribution in [0.5, 0.6) is 0 Å². The molecule has 7 nitrogen and oxygen atoms in total. The van der Waals surface area contributed by atoms with Gasteiger partial charge in [0.25, 0.3) is 0 Å². The monoisotopic (exact) mass is 483 g/mol. The van der Waals surface area contributed by atoms with E-state index in [0.717, 1.165) is 42.2 Å². The van der Waals surface area contributed by atoms with E-state index in [1.54, 1.807) is 0 Å². The van der Waals surface area contributed by atoms with Crippen molar-refractivity contribution in [3.8, 4) is 0 Å². The van der Waals surface area contributed by atoms with Crippen LogP contribution >= 0.6 is 11.6 Å². The average molecular weight is 484 g/mol. The van der Waals surface area contributed by atoms with Crippen LogP contribution in [-0.4, -0.2) is 61.2 Å². The van der Waals surface area contributed by atoms with Crippen LogP contribution in [0.1, 0.15) is 43.9 Å². The summed E-state index contributed by atoms with van der Waals surface area (Å²) in [6, 6.07) is 5.72. The second kappa shape index (κ2) is 18.3. The maximum absolute atomic E-state index is 9.75. The van der Waals surface area contributed by atoms with Gasteiger partial charge in [-0.25, -0.2) is 0 Å². The third kappa shape index (κ3) is 12.6. The van der Waals surface area contributed by atoms with Crippen molar-refractivity contribution in [1.29, 1.82) is 0 Å². The minimum Gasteiger partial charge on any atom is -0.496 e. The highest BCUT2D eigenvalue weighted by Crippen LogP contribution is 2.32. The van der Waals surface area contributed by atoms with E-state index in [1.165, 1.54) is 5.57 Å². The van der Waals surface area contributed by atoms with Crippen molar-refractivity contribution in [3.05, 3.63) is 70.1 Å². The third-order valence-corrected chi connectivity index (χ3v) is 5.18. The number of halogens is 1. The summed E-state index contributed by atoms with van der Waals surface area (Å²) >= 11 is 5.97. The third-order valence-electron chi connectivity index (χ3n) is 4.76. The van der Waals surface area contributed by atoms with Crippen LogP contribution in [0.25, 0.3) is 0 Å². The van der Waals surface area contributed by atoms with Gasteiger partial charge in [-0.05, 0) is 61.9 Å². The molecule has 8 heteroatoms. The van der Waals surface area contributed by atoms with Gasteiger partial charge in [0.05, 0.1) is 30.7 Å². The first-order valence-electron chi connectivity index (χ1n) is 10.7. The van der Waals surface area contributed by atoms with Crippen LogP contribution in [0, 0.1) is 6.92 Å². The summed E-state index contributed by atoms with van der Waals surface area (Å²) < 4.78 is 11.1. The van der Waals surface area contributed by atoms with Crippen LogP contribution in [0.3, 0.4) is 0 Å². The molecule has 2 aliphatic heterocycles. The predicted molar refractivity (Wildman–Crippen MR) is 132 cm³/mol. The molecule has 2 aliphatic rings. The Kier molecular flexibility index (Phi) is 17.1. The molecule has 1 unspecified atom stereocenters. The van der Waals surface area contributed by atoms with Gasteiger partial charge in [-0.3, -0.25) is 0 Å². The molecule has 4 N–H and O–H groups in total. The number of aryl methyl sites for hydroxylation is 1. The molecule has 0 bridgehead atoms. The molecule has 0 saturated carbocycles. The number of hydrogen-bond acceptors (Lipinski definition) is 7. The van der Waals surface area contributed by atoms with E-state index < -0.39 is 6.10 Å². The highest BCUT2D eigenvalue weighted by atomic mass is 35.5. The van der Waals surface area contributed by atoms with Crippen LogP contribution in [0.2, 0.25) is 5.02 Å². The van der Waals surface area contributed by atoms with Crippen molar-refractivity contribution in [2.24, 2.45) is 0 Å². The number of carbonyl (C=O) groups excluding carboxylic acids is 1. The first-order chi connectivity index (χ1) is 15.9. The van der Waals surface area contributed by atoms with Gasteiger partial charge in [0.15, 0.2) is 0 Å². The summed E-state index contributed by atoms with van der Waals surface area (Å²) in [6.45, 7) is 9.49. The zero-order valence-corrected chi connectivity index (χ0v) is 20.7. The fourth-order valence-corrected chi connectivity index (χ4v) is 3.21. The Morgan fingerprint density at radius 3 is 2.48 bits per heavy atom. The molecule has 186 valence electrons. The Bertz CT molecular complexity index is 765. The Morgan fingerprint density at radius 2 is 1.85 bits per heavy atom. The van der Waals surface area contributed by atoms with Gasteiger partial charge in [-0.2, -0.15) is 0 Å². The molecule has 1 fully saturated rings. The SMILES string of the molecule is C=O.CC1=C/C=C(\C)OCCN\C=C\1.CO.Cc1cc([C@H]2CC(O)C[C@@H](CO)O2)ccc1Cl. The summed E-state index contributed by atoms with van der Waals surface area (Å²) in [4.78, 5) is 8.00. The van der Waals surface area contributed by atoms with Crippen molar-refractivity contribution < 1.29 is 29.6 Å². The first kappa shape index (κ1) is 30.8. The summed E-state index contributed by atoms with van der Waals surface area (Å²) in [5.74, 6) is 0.964. The van der Waals surface area contributed by atoms with Gasteiger partial charge in [0, 0.05) is 31.5 Å². The fraction of sp³-hybridized carbons (Fsp3) is 0.480. The van der Waals surface area contributed by atoms with Crippen molar-refractivity contribution in [2.75, 3.05) is 26.9 Å². The number of aliphatic hydroxyl groups is 3. The molecule has 1 aromatic carbocycles. The molecule has 0 amide bonds. The van der Waals surface area contributed by atoms with Gasteiger partial charge >= 0.3 is 0 Å². The Hall–Kier alpha value is -2.16. The Morgan fingerprint density at radius 1 is 1.15 bits per heavy atom. The molecule has 0 spiro atoms.